The Labute approximate surface area is 83.9 Å². The van der Waals surface area contributed by atoms with Gasteiger partial charge >= 0.3 is 0 Å². The van der Waals surface area contributed by atoms with Crippen molar-refractivity contribution in [1.82, 2.24) is 10.2 Å². The fourth-order valence-electron chi connectivity index (χ4n) is 1.26. The first-order chi connectivity index (χ1) is 6.61. The smallest absolute Gasteiger partial charge is 0.216 e. The number of nitrogens with zero attached hydrogens (tertiary/aromatic N) is 1. The van der Waals surface area contributed by atoms with Gasteiger partial charge in [0.25, 0.3) is 0 Å². The van der Waals surface area contributed by atoms with Crippen molar-refractivity contribution in [3.8, 4) is 0 Å². The number of rotatable bonds is 4. The first kappa shape index (κ1) is 10.8. The van der Waals surface area contributed by atoms with E-state index in [0.717, 1.165) is 5.76 Å². The summed E-state index contributed by atoms with van der Waals surface area (Å²) in [4.78, 5) is 12.8. The SMILES string of the molecule is CC(=O)NCC(c1ccco1)N(C)C. The molecule has 1 N–H and O–H groups in total. The molecule has 1 amide bonds. The van der Waals surface area contributed by atoms with Crippen LogP contribution in [0.1, 0.15) is 18.7 Å². The maximum Gasteiger partial charge on any atom is 0.216 e. The van der Waals surface area contributed by atoms with E-state index in [1.807, 2.05) is 31.1 Å². The minimum Gasteiger partial charge on any atom is -0.468 e. The van der Waals surface area contributed by atoms with Crippen LogP contribution in [0.2, 0.25) is 0 Å². The number of nitrogens with one attached hydrogen (secondary N) is 1. The molecule has 1 rings (SSSR count). The Morgan fingerprint density at radius 1 is 1.64 bits per heavy atom. The summed E-state index contributed by atoms with van der Waals surface area (Å²) in [5, 5.41) is 2.77. The van der Waals surface area contributed by atoms with E-state index in [2.05, 4.69) is 5.32 Å². The zero-order valence-electron chi connectivity index (χ0n) is 8.78. The highest BCUT2D eigenvalue weighted by Crippen LogP contribution is 2.17. The van der Waals surface area contributed by atoms with Crippen molar-refractivity contribution in [3.05, 3.63) is 24.2 Å². The van der Waals surface area contributed by atoms with Crippen LogP contribution in [0.3, 0.4) is 0 Å². The predicted molar refractivity (Wildman–Crippen MR) is 53.8 cm³/mol. The molecule has 0 aliphatic heterocycles. The molecule has 0 fully saturated rings. The molecule has 1 aromatic heterocycles. The van der Waals surface area contributed by atoms with Crippen LogP contribution in [-0.2, 0) is 4.79 Å². The van der Waals surface area contributed by atoms with Gasteiger partial charge in [-0.05, 0) is 26.2 Å². The van der Waals surface area contributed by atoms with Crippen molar-refractivity contribution < 1.29 is 9.21 Å². The average molecular weight is 196 g/mol. The molecule has 1 atom stereocenters. The zero-order chi connectivity index (χ0) is 10.6. The standard InChI is InChI=1S/C10H16N2O2/c1-8(13)11-7-9(12(2)3)10-5-4-6-14-10/h4-6,9H,7H2,1-3H3,(H,11,13). The van der Waals surface area contributed by atoms with E-state index in [4.69, 9.17) is 4.42 Å². The molecular formula is C10H16N2O2. The van der Waals surface area contributed by atoms with E-state index >= 15 is 0 Å². The van der Waals surface area contributed by atoms with Gasteiger partial charge in [0.15, 0.2) is 0 Å². The highest BCUT2D eigenvalue weighted by molar-refractivity contribution is 5.72. The van der Waals surface area contributed by atoms with Crippen molar-refractivity contribution in [2.45, 2.75) is 13.0 Å². The Bertz CT molecular complexity index is 280. The highest BCUT2D eigenvalue weighted by atomic mass is 16.3. The average Bonchev–Trinajstić information content (AvgIpc) is 2.56. The fraction of sp³-hybridized carbons (Fsp3) is 0.500. The van der Waals surface area contributed by atoms with Gasteiger partial charge in [-0.25, -0.2) is 0 Å². The second-order valence-electron chi connectivity index (χ2n) is 3.43. The van der Waals surface area contributed by atoms with Gasteiger partial charge < -0.3 is 9.73 Å². The van der Waals surface area contributed by atoms with Crippen molar-refractivity contribution >= 4 is 5.91 Å². The maximum atomic E-state index is 10.8. The van der Waals surface area contributed by atoms with Gasteiger partial charge in [-0.3, -0.25) is 9.69 Å². The summed E-state index contributed by atoms with van der Waals surface area (Å²) in [7, 11) is 3.91. The van der Waals surface area contributed by atoms with Crippen LogP contribution < -0.4 is 5.32 Å². The second kappa shape index (κ2) is 4.81. The van der Waals surface area contributed by atoms with Crippen LogP contribution in [0, 0.1) is 0 Å². The van der Waals surface area contributed by atoms with Gasteiger partial charge in [-0.1, -0.05) is 0 Å². The first-order valence-corrected chi connectivity index (χ1v) is 4.55. The van der Waals surface area contributed by atoms with Crippen molar-refractivity contribution in [3.63, 3.8) is 0 Å². The predicted octanol–water partition coefficient (Wildman–Crippen LogP) is 1.02. The summed E-state index contributed by atoms with van der Waals surface area (Å²) < 4.78 is 5.30. The quantitative estimate of drug-likeness (QED) is 0.782. The van der Waals surface area contributed by atoms with Crippen molar-refractivity contribution in [1.29, 1.82) is 0 Å². The van der Waals surface area contributed by atoms with Crippen LogP contribution >= 0.6 is 0 Å². The third kappa shape index (κ3) is 2.88. The van der Waals surface area contributed by atoms with E-state index in [9.17, 15) is 4.79 Å². The molecule has 4 heteroatoms. The highest BCUT2D eigenvalue weighted by Gasteiger charge is 2.16. The lowest BCUT2D eigenvalue weighted by Gasteiger charge is -2.22. The third-order valence-corrected chi connectivity index (χ3v) is 2.04. The Morgan fingerprint density at radius 3 is 2.79 bits per heavy atom. The van der Waals surface area contributed by atoms with E-state index < -0.39 is 0 Å². The topological polar surface area (TPSA) is 45.5 Å². The summed E-state index contributed by atoms with van der Waals surface area (Å²) in [6, 6.07) is 3.85. The molecule has 1 unspecified atom stereocenters. The maximum absolute atomic E-state index is 10.8. The Balaban J connectivity index is 2.61. The van der Waals surface area contributed by atoms with Crippen molar-refractivity contribution in [2.24, 2.45) is 0 Å². The Kier molecular flexibility index (Phi) is 3.71. The number of carbonyl (C=O) groups excluding carboxylic acids is 1. The summed E-state index contributed by atoms with van der Waals surface area (Å²) in [6.45, 7) is 2.07. The summed E-state index contributed by atoms with van der Waals surface area (Å²) in [6.07, 6.45) is 1.64. The molecule has 0 aromatic carbocycles. The minimum atomic E-state index is -0.0246. The number of hydrogen-bond donors (Lipinski definition) is 1. The Hall–Kier alpha value is -1.29. The normalized spacial score (nSPS) is 12.9. The summed E-state index contributed by atoms with van der Waals surface area (Å²) >= 11 is 0. The van der Waals surface area contributed by atoms with E-state index in [0.29, 0.717) is 6.54 Å². The van der Waals surface area contributed by atoms with Crippen LogP contribution in [0.15, 0.2) is 22.8 Å². The fourth-order valence-corrected chi connectivity index (χ4v) is 1.26. The van der Waals surface area contributed by atoms with E-state index in [1.165, 1.54) is 6.92 Å². The number of hydrogen-bond acceptors (Lipinski definition) is 3. The number of carbonyl (C=O) groups is 1. The number of amides is 1. The van der Waals surface area contributed by atoms with Crippen LogP contribution in [0.5, 0.6) is 0 Å². The van der Waals surface area contributed by atoms with Crippen LogP contribution in [-0.4, -0.2) is 31.4 Å². The minimum absolute atomic E-state index is 0.0246. The van der Waals surface area contributed by atoms with Crippen LogP contribution in [0.25, 0.3) is 0 Å². The molecule has 0 saturated heterocycles. The Morgan fingerprint density at radius 2 is 2.36 bits per heavy atom. The molecule has 0 radical (unpaired) electrons. The van der Waals surface area contributed by atoms with E-state index in [1.54, 1.807) is 6.26 Å². The molecular weight excluding hydrogens is 180 g/mol. The lowest BCUT2D eigenvalue weighted by atomic mass is 10.2. The number of furan rings is 1. The molecule has 1 heterocycles. The van der Waals surface area contributed by atoms with Gasteiger partial charge in [0.2, 0.25) is 5.91 Å². The molecule has 0 spiro atoms. The monoisotopic (exact) mass is 196 g/mol. The second-order valence-corrected chi connectivity index (χ2v) is 3.43. The largest absolute Gasteiger partial charge is 0.468 e. The van der Waals surface area contributed by atoms with Gasteiger partial charge in [-0.15, -0.1) is 0 Å². The lowest BCUT2D eigenvalue weighted by molar-refractivity contribution is -0.119. The molecule has 0 bridgehead atoms. The van der Waals surface area contributed by atoms with Gasteiger partial charge in [-0.2, -0.15) is 0 Å². The third-order valence-electron chi connectivity index (χ3n) is 2.04. The van der Waals surface area contributed by atoms with Crippen molar-refractivity contribution in [2.75, 3.05) is 20.6 Å². The first-order valence-electron chi connectivity index (χ1n) is 4.55. The summed E-state index contributed by atoms with van der Waals surface area (Å²) in [5.41, 5.74) is 0. The summed E-state index contributed by atoms with van der Waals surface area (Å²) in [5.74, 6) is 0.840. The molecule has 0 aliphatic carbocycles. The van der Waals surface area contributed by atoms with E-state index in [-0.39, 0.29) is 11.9 Å². The zero-order valence-corrected chi connectivity index (χ0v) is 8.78. The van der Waals surface area contributed by atoms with Gasteiger partial charge in [0, 0.05) is 13.5 Å². The molecule has 1 aromatic rings. The molecule has 0 aliphatic rings. The number of likely N-dealkylation sites (N-methyl/N-ethyl adjacent to an activating group) is 1. The molecule has 14 heavy (non-hydrogen) atoms. The molecule has 4 nitrogen and oxygen atoms in total. The van der Waals surface area contributed by atoms with Crippen LogP contribution in [0.4, 0.5) is 0 Å². The molecule has 0 saturated carbocycles. The lowest BCUT2D eigenvalue weighted by Crippen LogP contribution is -2.33. The van der Waals surface area contributed by atoms with Gasteiger partial charge in [0.1, 0.15) is 5.76 Å². The van der Waals surface area contributed by atoms with Gasteiger partial charge in [0.05, 0.1) is 12.3 Å². The molecule has 78 valence electrons.